The minimum atomic E-state index is -3.19. The largest absolute Gasteiger partial charge is 0.361 e. The van der Waals surface area contributed by atoms with E-state index in [1.807, 2.05) is 36.2 Å². The Morgan fingerprint density at radius 2 is 1.53 bits per heavy atom. The summed E-state index contributed by atoms with van der Waals surface area (Å²) in [6.45, 7) is 5.59. The topological polar surface area (TPSA) is 62.9 Å². The molecule has 0 bridgehead atoms. The van der Waals surface area contributed by atoms with Crippen LogP contribution in [0.5, 0.6) is 0 Å². The van der Waals surface area contributed by atoms with Crippen LogP contribution in [0, 0.1) is 0 Å². The van der Waals surface area contributed by atoms with Crippen LogP contribution < -0.4 is 4.90 Å². The summed E-state index contributed by atoms with van der Waals surface area (Å²) in [5.74, 6) is 0.0985. The van der Waals surface area contributed by atoms with Crippen molar-refractivity contribution >= 4 is 44.1 Å². The van der Waals surface area contributed by atoms with Crippen molar-refractivity contribution in [3.8, 4) is 0 Å². The smallest absolute Gasteiger partial charge is 0.218 e. The molecule has 3 heterocycles. The summed E-state index contributed by atoms with van der Waals surface area (Å²) in [6, 6.07) is 23.8. The fourth-order valence-electron chi connectivity index (χ4n) is 5.54. The van der Waals surface area contributed by atoms with Crippen LogP contribution >= 0.6 is 11.8 Å². The van der Waals surface area contributed by atoms with Gasteiger partial charge in [0, 0.05) is 59.1 Å². The molecule has 2 aliphatic rings. The predicted molar refractivity (Wildman–Crippen MR) is 181 cm³/mol. The molecule has 0 amide bonds. The van der Waals surface area contributed by atoms with Gasteiger partial charge in [0.2, 0.25) is 10.0 Å². The van der Waals surface area contributed by atoms with Crippen molar-refractivity contribution in [3.05, 3.63) is 84.1 Å². The lowest BCUT2D eigenvalue weighted by Crippen LogP contribution is -2.37. The predicted octanol–water partition coefficient (Wildman–Crippen LogP) is 6.44. The van der Waals surface area contributed by atoms with Gasteiger partial charge >= 0.3 is 0 Å². The van der Waals surface area contributed by atoms with Crippen LogP contribution in [0.1, 0.15) is 30.9 Å². The zero-order chi connectivity index (χ0) is 30.6. The number of H-pyrrole nitrogens is 1. The third-order valence-corrected chi connectivity index (χ3v) is 11.3. The average molecular weight is 620 g/mol. The summed E-state index contributed by atoms with van der Waals surface area (Å²) in [4.78, 5) is 12.8. The number of para-hydroxylation sites is 2. The van der Waals surface area contributed by atoms with Gasteiger partial charge in [-0.05, 0) is 102 Å². The molecule has 0 aliphatic carbocycles. The maximum absolute atomic E-state index is 12.5. The third-order valence-electron chi connectivity index (χ3n) is 8.33. The average Bonchev–Trinajstić information content (AvgIpc) is 3.67. The van der Waals surface area contributed by atoms with Gasteiger partial charge in [-0.15, -0.1) is 0 Å². The number of nitrogens with one attached hydrogen (secondary N) is 1. The number of fused-ring (bicyclic) bond motifs is 3. The highest BCUT2D eigenvalue weighted by molar-refractivity contribution is 7.99. The number of hydrogen-bond acceptors (Lipinski definition) is 6. The summed E-state index contributed by atoms with van der Waals surface area (Å²) in [6.07, 6.45) is 4.94. The van der Waals surface area contributed by atoms with E-state index in [4.69, 9.17) is 0 Å². The summed E-state index contributed by atoms with van der Waals surface area (Å²) in [5.41, 5.74) is 5.83. The Kier molecular flexibility index (Phi) is 10.2. The molecule has 4 aromatic rings. The molecule has 1 atom stereocenters. The summed E-state index contributed by atoms with van der Waals surface area (Å²) in [7, 11) is 5.21. The van der Waals surface area contributed by atoms with E-state index >= 15 is 0 Å². The summed E-state index contributed by atoms with van der Waals surface area (Å²) >= 11 is 1.87. The van der Waals surface area contributed by atoms with Crippen molar-refractivity contribution in [2.24, 2.45) is 0 Å². The number of aromatic nitrogens is 1. The second-order valence-corrected chi connectivity index (χ2v) is 15.1. The molecule has 1 aromatic heterocycles. The van der Waals surface area contributed by atoms with Gasteiger partial charge in [0.25, 0.3) is 0 Å². The number of hydrogen-bond donors (Lipinski definition) is 1. The van der Waals surface area contributed by atoms with Crippen LogP contribution in [0.15, 0.2) is 82.7 Å². The molecule has 1 unspecified atom stereocenters. The Labute approximate surface area is 261 Å². The van der Waals surface area contributed by atoms with E-state index in [9.17, 15) is 8.42 Å². The molecule has 1 N–H and O–H groups in total. The number of benzene rings is 3. The monoisotopic (exact) mass is 619 g/mol. The first-order valence-electron chi connectivity index (χ1n) is 15.1. The van der Waals surface area contributed by atoms with Gasteiger partial charge in [0.15, 0.2) is 0 Å². The number of likely N-dealkylation sites (N-methyl/N-ethyl adjacent to an activating group) is 2. The lowest BCUT2D eigenvalue weighted by Gasteiger charge is -2.36. The Morgan fingerprint density at radius 1 is 0.907 bits per heavy atom. The summed E-state index contributed by atoms with van der Waals surface area (Å²) in [5, 5.41) is 1.14. The van der Waals surface area contributed by atoms with Crippen molar-refractivity contribution in [1.29, 1.82) is 0 Å². The molecule has 0 saturated carbocycles. The van der Waals surface area contributed by atoms with E-state index in [0.717, 1.165) is 48.8 Å². The molecule has 43 heavy (non-hydrogen) atoms. The van der Waals surface area contributed by atoms with Crippen molar-refractivity contribution in [2.45, 2.75) is 47.8 Å². The minimum Gasteiger partial charge on any atom is -0.361 e. The molecule has 2 aliphatic heterocycles. The Balaban J connectivity index is 0.000000173. The highest BCUT2D eigenvalue weighted by Crippen LogP contribution is 2.47. The first-order valence-corrected chi connectivity index (χ1v) is 17.6. The highest BCUT2D eigenvalue weighted by Gasteiger charge is 2.26. The highest BCUT2D eigenvalue weighted by atomic mass is 32.2. The Hall–Kier alpha value is -2.82. The number of sulfonamides is 1. The van der Waals surface area contributed by atoms with E-state index < -0.39 is 10.0 Å². The van der Waals surface area contributed by atoms with Gasteiger partial charge in [0.05, 0.1) is 17.1 Å². The summed E-state index contributed by atoms with van der Waals surface area (Å²) < 4.78 is 26.6. The van der Waals surface area contributed by atoms with E-state index in [0.29, 0.717) is 19.1 Å². The van der Waals surface area contributed by atoms with Crippen LogP contribution in [0.4, 0.5) is 11.4 Å². The number of rotatable bonds is 9. The van der Waals surface area contributed by atoms with Crippen molar-refractivity contribution < 1.29 is 8.42 Å². The van der Waals surface area contributed by atoms with Crippen molar-refractivity contribution in [3.63, 3.8) is 0 Å². The second-order valence-electron chi connectivity index (χ2n) is 12.1. The first-order chi connectivity index (χ1) is 20.6. The number of nitrogens with zero attached hydrogens (tertiary/aromatic N) is 4. The van der Waals surface area contributed by atoms with Crippen LogP contribution in [0.2, 0.25) is 0 Å². The molecule has 7 nitrogen and oxygen atoms in total. The van der Waals surface area contributed by atoms with Gasteiger partial charge < -0.3 is 19.7 Å². The van der Waals surface area contributed by atoms with Gasteiger partial charge in [-0.25, -0.2) is 12.7 Å². The molecule has 0 spiro atoms. The van der Waals surface area contributed by atoms with Crippen LogP contribution in [0.3, 0.4) is 0 Å². The second kappa shape index (κ2) is 13.9. The minimum absolute atomic E-state index is 0.0985. The maximum atomic E-state index is 12.5. The fourth-order valence-corrected chi connectivity index (χ4v) is 8.23. The molecule has 9 heteroatoms. The lowest BCUT2D eigenvalue weighted by molar-refractivity contribution is 0.319. The first kappa shape index (κ1) is 31.6. The number of aromatic amines is 1. The van der Waals surface area contributed by atoms with Gasteiger partial charge in [0.1, 0.15) is 0 Å². The molecule has 0 radical (unpaired) electrons. The molecular formula is C34H45N5O2S2. The zero-order valence-electron chi connectivity index (χ0n) is 26.1. The molecule has 6 rings (SSSR count). The van der Waals surface area contributed by atoms with Crippen LogP contribution in [-0.2, 0) is 22.2 Å². The standard InChI is InChI=1S/C17H25N3O2S.C17H20N2S/c1-19(2)10-7-15-12-18-17-6-5-14(11-16(15)17)13-23(21,22)20-8-3-4-9-20;1-13(18(2)3)12-19-14-8-4-6-10-16(14)20-17-11-7-5-9-15(17)19/h5-6,11-12,18H,3-4,7-10,13H2,1-2H3;4-11,13H,12H2,1-3H3. The lowest BCUT2D eigenvalue weighted by atomic mass is 10.1. The van der Waals surface area contributed by atoms with E-state index in [1.54, 1.807) is 4.31 Å². The Morgan fingerprint density at radius 3 is 2.14 bits per heavy atom. The van der Waals surface area contributed by atoms with Crippen molar-refractivity contribution in [2.75, 3.05) is 59.3 Å². The van der Waals surface area contributed by atoms with E-state index in [1.165, 1.54) is 26.7 Å². The maximum Gasteiger partial charge on any atom is 0.218 e. The normalized spacial score (nSPS) is 15.8. The Bertz CT molecular complexity index is 1580. The van der Waals surface area contributed by atoms with E-state index in [2.05, 4.69) is 103 Å². The SMILES string of the molecule is CC(CN1c2ccccc2Sc2ccccc21)N(C)C.CN(C)CCc1c[nH]c2ccc(CS(=O)(=O)N3CCCC3)cc12. The molecule has 230 valence electrons. The van der Waals surface area contributed by atoms with Gasteiger partial charge in [-0.1, -0.05) is 42.1 Å². The van der Waals surface area contributed by atoms with Gasteiger partial charge in [-0.3, -0.25) is 0 Å². The molecule has 1 fully saturated rings. The van der Waals surface area contributed by atoms with Crippen LogP contribution in [0.25, 0.3) is 10.9 Å². The molecule has 1 saturated heterocycles. The quantitative estimate of drug-likeness (QED) is 0.233. The van der Waals surface area contributed by atoms with Crippen molar-refractivity contribution in [1.82, 2.24) is 19.1 Å². The fraction of sp³-hybridized carbons (Fsp3) is 0.412. The number of anilines is 2. The van der Waals surface area contributed by atoms with Crippen LogP contribution in [-0.4, -0.2) is 87.9 Å². The van der Waals surface area contributed by atoms with E-state index in [-0.39, 0.29) is 5.75 Å². The molecule has 3 aromatic carbocycles. The van der Waals surface area contributed by atoms with Gasteiger partial charge in [-0.2, -0.15) is 0 Å². The third kappa shape index (κ3) is 7.64. The zero-order valence-corrected chi connectivity index (χ0v) is 27.7. The molecular weight excluding hydrogens is 575 g/mol.